The number of carbonyl (C=O) groups is 1. The largest absolute Gasteiger partial charge is 0.432 e. The zero-order valence-electron chi connectivity index (χ0n) is 14.6. The van der Waals surface area contributed by atoms with E-state index in [9.17, 15) is 22.4 Å². The summed E-state index contributed by atoms with van der Waals surface area (Å²) in [7, 11) is 0. The van der Waals surface area contributed by atoms with Gasteiger partial charge in [-0.2, -0.15) is 24.9 Å². The van der Waals surface area contributed by atoms with E-state index < -0.39 is 29.3 Å². The Morgan fingerprint density at radius 3 is 2.74 bits per heavy atom. The van der Waals surface area contributed by atoms with Crippen molar-refractivity contribution in [2.45, 2.75) is 25.6 Å². The smallest absolute Gasteiger partial charge is 0.394 e. The number of rotatable bonds is 7. The van der Waals surface area contributed by atoms with E-state index in [1.807, 2.05) is 11.8 Å². The summed E-state index contributed by atoms with van der Waals surface area (Å²) in [5.74, 6) is 1.20. The van der Waals surface area contributed by atoms with Crippen molar-refractivity contribution in [1.82, 2.24) is 4.90 Å². The summed E-state index contributed by atoms with van der Waals surface area (Å²) in [6.45, 7) is 0.332. The fourth-order valence-corrected chi connectivity index (χ4v) is 4.07. The molecule has 1 atom stereocenters. The Bertz CT molecular complexity index is 715. The third-order valence-corrected chi connectivity index (χ3v) is 5.46. The molecular weight excluding hydrogens is 382 g/mol. The molecule has 0 aromatic heterocycles. The average molecular weight is 403 g/mol. The molecular formula is C18H21F4N3OS. The second kappa shape index (κ2) is 9.25. The molecule has 1 aliphatic heterocycles. The summed E-state index contributed by atoms with van der Waals surface area (Å²) in [6.07, 6.45) is -2.83. The van der Waals surface area contributed by atoms with E-state index in [1.165, 1.54) is 23.1 Å². The standard InChI is InChI=1S/C18H21F4N3OS/c19-14-3-1-2-13(8-14)10-25(6-4-12-5-7-27-11-12)17(26)15(23)9-16(24)18(20,21)22/h1-3,8-9,12,24H,4-7,10-11,23H2/b15-9-,24-16?. The second-order valence-electron chi connectivity index (χ2n) is 6.39. The van der Waals surface area contributed by atoms with Gasteiger partial charge in [0.05, 0.1) is 5.70 Å². The van der Waals surface area contributed by atoms with E-state index in [0.717, 1.165) is 17.9 Å². The molecule has 148 valence electrons. The summed E-state index contributed by atoms with van der Waals surface area (Å²) >= 11 is 1.82. The summed E-state index contributed by atoms with van der Waals surface area (Å²) in [5.41, 5.74) is 3.70. The number of halogens is 4. The van der Waals surface area contributed by atoms with Crippen LogP contribution in [0.15, 0.2) is 36.0 Å². The van der Waals surface area contributed by atoms with Crippen LogP contribution in [-0.4, -0.2) is 40.7 Å². The number of benzene rings is 1. The van der Waals surface area contributed by atoms with Gasteiger partial charge in [-0.05, 0) is 54.0 Å². The van der Waals surface area contributed by atoms with E-state index in [0.29, 0.717) is 30.5 Å². The predicted octanol–water partition coefficient (Wildman–Crippen LogP) is 3.72. The van der Waals surface area contributed by atoms with Gasteiger partial charge in [0.25, 0.3) is 5.91 Å². The lowest BCUT2D eigenvalue weighted by Gasteiger charge is -2.24. The van der Waals surface area contributed by atoms with Crippen molar-refractivity contribution >= 4 is 23.4 Å². The lowest BCUT2D eigenvalue weighted by atomic mass is 10.0. The SMILES string of the molecule is N=C(/C=C(\N)C(=O)N(CCC1CCSC1)Cc1cccc(F)c1)C(F)(F)F. The molecule has 1 unspecified atom stereocenters. The zero-order valence-corrected chi connectivity index (χ0v) is 15.4. The zero-order chi connectivity index (χ0) is 20.0. The van der Waals surface area contributed by atoms with Gasteiger partial charge in [0, 0.05) is 13.1 Å². The fourth-order valence-electron chi connectivity index (χ4n) is 2.74. The molecule has 1 saturated heterocycles. The molecule has 1 heterocycles. The maximum atomic E-state index is 13.4. The first-order chi connectivity index (χ1) is 12.7. The quantitative estimate of drug-likeness (QED) is 0.414. The molecule has 9 heteroatoms. The molecule has 0 bridgehead atoms. The Labute approximate surface area is 159 Å². The van der Waals surface area contributed by atoms with Gasteiger partial charge in [0.2, 0.25) is 0 Å². The molecule has 3 N–H and O–H groups in total. The molecule has 1 aromatic carbocycles. The highest BCUT2D eigenvalue weighted by Gasteiger charge is 2.33. The minimum atomic E-state index is -4.88. The van der Waals surface area contributed by atoms with Crippen molar-refractivity contribution in [3.63, 3.8) is 0 Å². The minimum Gasteiger partial charge on any atom is -0.394 e. The highest BCUT2D eigenvalue weighted by atomic mass is 32.2. The monoisotopic (exact) mass is 403 g/mol. The number of nitrogens with one attached hydrogen (secondary N) is 1. The van der Waals surface area contributed by atoms with Gasteiger partial charge in [-0.25, -0.2) is 4.39 Å². The molecule has 0 radical (unpaired) electrons. The van der Waals surface area contributed by atoms with E-state index in [1.54, 1.807) is 6.07 Å². The Balaban J connectivity index is 2.14. The van der Waals surface area contributed by atoms with Crippen LogP contribution in [0.2, 0.25) is 0 Å². The van der Waals surface area contributed by atoms with E-state index in [4.69, 9.17) is 11.1 Å². The van der Waals surface area contributed by atoms with E-state index >= 15 is 0 Å². The third-order valence-electron chi connectivity index (χ3n) is 4.23. The van der Waals surface area contributed by atoms with Crippen molar-refractivity contribution in [3.8, 4) is 0 Å². The topological polar surface area (TPSA) is 70.2 Å². The van der Waals surface area contributed by atoms with E-state index in [-0.39, 0.29) is 6.54 Å². The van der Waals surface area contributed by atoms with Gasteiger partial charge in [0.1, 0.15) is 11.5 Å². The molecule has 0 aliphatic carbocycles. The molecule has 1 fully saturated rings. The Kier molecular flexibility index (Phi) is 7.29. The van der Waals surface area contributed by atoms with Gasteiger partial charge in [0.15, 0.2) is 0 Å². The highest BCUT2D eigenvalue weighted by Crippen LogP contribution is 2.26. The Hall–Kier alpha value is -2.03. The van der Waals surface area contributed by atoms with Crippen LogP contribution in [0.1, 0.15) is 18.4 Å². The van der Waals surface area contributed by atoms with Gasteiger partial charge < -0.3 is 10.6 Å². The van der Waals surface area contributed by atoms with Gasteiger partial charge in [-0.3, -0.25) is 10.2 Å². The van der Waals surface area contributed by atoms with Crippen LogP contribution in [0, 0.1) is 17.1 Å². The van der Waals surface area contributed by atoms with E-state index in [2.05, 4.69) is 0 Å². The van der Waals surface area contributed by atoms with Crippen LogP contribution in [0.3, 0.4) is 0 Å². The number of nitrogens with zero attached hydrogens (tertiary/aromatic N) is 1. The number of alkyl halides is 3. The number of allylic oxidation sites excluding steroid dienone is 1. The summed E-state index contributed by atoms with van der Waals surface area (Å²) in [5, 5.41) is 6.99. The number of hydrogen-bond donors (Lipinski definition) is 2. The van der Waals surface area contributed by atoms with Crippen molar-refractivity contribution < 1.29 is 22.4 Å². The van der Waals surface area contributed by atoms with Crippen LogP contribution in [-0.2, 0) is 11.3 Å². The number of carbonyl (C=O) groups excluding carboxylic acids is 1. The summed E-state index contributed by atoms with van der Waals surface area (Å²) in [6, 6.07) is 5.67. The van der Waals surface area contributed by atoms with Gasteiger partial charge in [-0.1, -0.05) is 12.1 Å². The summed E-state index contributed by atoms with van der Waals surface area (Å²) in [4.78, 5) is 13.9. The Morgan fingerprint density at radius 2 is 2.15 bits per heavy atom. The van der Waals surface area contributed by atoms with Gasteiger partial charge >= 0.3 is 6.18 Å². The number of amides is 1. The molecule has 1 aromatic rings. The summed E-state index contributed by atoms with van der Waals surface area (Å²) < 4.78 is 51.0. The normalized spacial score (nSPS) is 17.8. The Morgan fingerprint density at radius 1 is 1.41 bits per heavy atom. The first-order valence-electron chi connectivity index (χ1n) is 8.41. The van der Waals surface area contributed by atoms with Crippen molar-refractivity contribution in [2.75, 3.05) is 18.1 Å². The minimum absolute atomic E-state index is 0.0321. The maximum absolute atomic E-state index is 13.4. The van der Waals surface area contributed by atoms with Crippen LogP contribution in [0.5, 0.6) is 0 Å². The lowest BCUT2D eigenvalue weighted by Crippen LogP contribution is -2.36. The van der Waals surface area contributed by atoms with Crippen LogP contribution >= 0.6 is 11.8 Å². The number of nitrogens with two attached hydrogens (primary N) is 1. The molecule has 27 heavy (non-hydrogen) atoms. The molecule has 1 aliphatic rings. The molecule has 2 rings (SSSR count). The van der Waals surface area contributed by atoms with Crippen molar-refractivity contribution in [1.29, 1.82) is 5.41 Å². The lowest BCUT2D eigenvalue weighted by molar-refractivity contribution is -0.128. The fraction of sp³-hybridized carbons (Fsp3) is 0.444. The molecule has 1 amide bonds. The second-order valence-corrected chi connectivity index (χ2v) is 7.54. The molecule has 0 spiro atoms. The van der Waals surface area contributed by atoms with Crippen LogP contribution in [0.25, 0.3) is 0 Å². The van der Waals surface area contributed by atoms with Crippen LogP contribution < -0.4 is 5.73 Å². The average Bonchev–Trinajstić information content (AvgIpc) is 3.10. The molecule has 0 saturated carbocycles. The maximum Gasteiger partial charge on any atom is 0.432 e. The third kappa shape index (κ3) is 6.57. The first kappa shape index (κ1) is 21.3. The first-order valence-corrected chi connectivity index (χ1v) is 9.56. The number of thioether (sulfide) groups is 1. The number of hydrogen-bond acceptors (Lipinski definition) is 4. The highest BCUT2D eigenvalue weighted by molar-refractivity contribution is 7.99. The van der Waals surface area contributed by atoms with Crippen LogP contribution in [0.4, 0.5) is 17.6 Å². The predicted molar refractivity (Wildman–Crippen MR) is 97.9 cm³/mol. The van der Waals surface area contributed by atoms with Crippen molar-refractivity contribution in [2.24, 2.45) is 11.7 Å². The van der Waals surface area contributed by atoms with Crippen molar-refractivity contribution in [3.05, 3.63) is 47.4 Å². The van der Waals surface area contributed by atoms with Gasteiger partial charge in [-0.15, -0.1) is 0 Å². The molecule has 4 nitrogen and oxygen atoms in total.